The van der Waals surface area contributed by atoms with Crippen LogP contribution in [0.4, 0.5) is 0 Å². The Bertz CT molecular complexity index is 575. The van der Waals surface area contributed by atoms with Gasteiger partial charge in [0.1, 0.15) is 0 Å². The molecule has 0 spiro atoms. The third kappa shape index (κ3) is 3.24. The van der Waals surface area contributed by atoms with Gasteiger partial charge in [0.05, 0.1) is 0 Å². The van der Waals surface area contributed by atoms with Gasteiger partial charge in [-0.25, -0.2) is 4.98 Å². The van der Waals surface area contributed by atoms with E-state index in [2.05, 4.69) is 15.6 Å². The molecule has 1 unspecified atom stereocenters. The number of aryl methyl sites for hydroxylation is 1. The summed E-state index contributed by atoms with van der Waals surface area (Å²) < 4.78 is 5.36. The Morgan fingerprint density at radius 3 is 2.70 bits per heavy atom. The van der Waals surface area contributed by atoms with Crippen molar-refractivity contribution in [3.63, 3.8) is 0 Å². The van der Waals surface area contributed by atoms with Crippen LogP contribution >= 0.6 is 0 Å². The van der Waals surface area contributed by atoms with Gasteiger partial charge in [-0.3, -0.25) is 4.79 Å². The molecule has 1 amide bonds. The molecule has 2 rings (SSSR count). The second kappa shape index (κ2) is 6.34. The van der Waals surface area contributed by atoms with Crippen LogP contribution in [0, 0.1) is 6.92 Å². The Morgan fingerprint density at radius 2 is 2.05 bits per heavy atom. The van der Waals surface area contributed by atoms with Gasteiger partial charge in [-0.15, -0.1) is 0 Å². The number of carbonyl (C=O) groups excluding carboxylic acids is 1. The number of amides is 1. The van der Waals surface area contributed by atoms with E-state index in [-0.39, 0.29) is 11.9 Å². The number of benzene rings is 1. The number of carbonyl (C=O) groups is 1. The fourth-order valence-electron chi connectivity index (χ4n) is 1.75. The number of nitrogens with one attached hydrogen (secondary N) is 2. The first-order valence-corrected chi connectivity index (χ1v) is 6.57. The first-order chi connectivity index (χ1) is 9.61. The second-order valence-corrected chi connectivity index (χ2v) is 4.80. The van der Waals surface area contributed by atoms with Gasteiger partial charge in [-0.05, 0) is 20.9 Å². The van der Waals surface area contributed by atoms with E-state index in [9.17, 15) is 4.79 Å². The van der Waals surface area contributed by atoms with Gasteiger partial charge in [0, 0.05) is 18.2 Å². The van der Waals surface area contributed by atoms with Crippen LogP contribution < -0.4 is 10.6 Å². The van der Waals surface area contributed by atoms with Crippen molar-refractivity contribution >= 4 is 5.91 Å². The zero-order chi connectivity index (χ0) is 14.5. The minimum atomic E-state index is -0.226. The first kappa shape index (κ1) is 14.3. The molecule has 0 radical (unpaired) electrons. The van der Waals surface area contributed by atoms with Gasteiger partial charge in [0.15, 0.2) is 17.8 Å². The summed E-state index contributed by atoms with van der Waals surface area (Å²) in [7, 11) is 1.85. The van der Waals surface area contributed by atoms with Crippen molar-refractivity contribution in [1.82, 2.24) is 15.6 Å². The highest BCUT2D eigenvalue weighted by Crippen LogP contribution is 2.23. The molecular weight excluding hydrogens is 254 g/mol. The number of aromatic nitrogens is 1. The molecule has 2 aromatic rings. The summed E-state index contributed by atoms with van der Waals surface area (Å²) in [5, 5.41) is 5.89. The molecule has 2 N–H and O–H groups in total. The Morgan fingerprint density at radius 1 is 1.35 bits per heavy atom. The largest absolute Gasteiger partial charge is 0.443 e. The van der Waals surface area contributed by atoms with Crippen molar-refractivity contribution in [2.75, 3.05) is 13.6 Å². The van der Waals surface area contributed by atoms with Gasteiger partial charge in [-0.1, -0.05) is 29.8 Å². The van der Waals surface area contributed by atoms with Gasteiger partial charge in [0.2, 0.25) is 0 Å². The van der Waals surface area contributed by atoms with Crippen molar-refractivity contribution in [3.05, 3.63) is 41.9 Å². The molecular formula is C15H19N3O2. The van der Waals surface area contributed by atoms with Crippen LogP contribution in [0.25, 0.3) is 11.3 Å². The van der Waals surface area contributed by atoms with E-state index in [1.165, 1.54) is 6.39 Å². The molecule has 1 aromatic carbocycles. The van der Waals surface area contributed by atoms with E-state index in [0.717, 1.165) is 11.1 Å². The molecule has 20 heavy (non-hydrogen) atoms. The van der Waals surface area contributed by atoms with Crippen LogP contribution in [0.2, 0.25) is 0 Å². The molecule has 0 aliphatic heterocycles. The predicted octanol–water partition coefficient (Wildman–Crippen LogP) is 1.99. The van der Waals surface area contributed by atoms with Crippen LogP contribution in [-0.2, 0) is 0 Å². The summed E-state index contributed by atoms with van der Waals surface area (Å²) in [6.45, 7) is 4.54. The fourth-order valence-corrected chi connectivity index (χ4v) is 1.75. The van der Waals surface area contributed by atoms with Gasteiger partial charge >= 0.3 is 0 Å². The number of nitrogens with zero attached hydrogens (tertiary/aromatic N) is 1. The zero-order valence-corrected chi connectivity index (χ0v) is 11.9. The molecule has 5 nitrogen and oxygen atoms in total. The fraction of sp³-hybridized carbons (Fsp3) is 0.333. The quantitative estimate of drug-likeness (QED) is 0.874. The highest BCUT2D eigenvalue weighted by atomic mass is 16.3. The van der Waals surface area contributed by atoms with Gasteiger partial charge in [-0.2, -0.15) is 0 Å². The highest BCUT2D eigenvalue weighted by molar-refractivity contribution is 5.97. The zero-order valence-electron chi connectivity index (χ0n) is 11.9. The van der Waals surface area contributed by atoms with Crippen LogP contribution in [0.3, 0.4) is 0 Å². The lowest BCUT2D eigenvalue weighted by Gasteiger charge is -2.10. The molecule has 1 aromatic heterocycles. The van der Waals surface area contributed by atoms with Gasteiger partial charge in [0.25, 0.3) is 5.91 Å². The number of oxazole rings is 1. The third-order valence-corrected chi connectivity index (χ3v) is 3.16. The highest BCUT2D eigenvalue weighted by Gasteiger charge is 2.18. The summed E-state index contributed by atoms with van der Waals surface area (Å²) in [5.41, 5.74) is 2.32. The van der Waals surface area contributed by atoms with E-state index in [0.29, 0.717) is 18.0 Å². The number of hydrogen-bond acceptors (Lipinski definition) is 4. The first-order valence-electron chi connectivity index (χ1n) is 6.57. The van der Waals surface area contributed by atoms with Crippen molar-refractivity contribution < 1.29 is 9.21 Å². The number of hydrogen-bond donors (Lipinski definition) is 2. The smallest absolute Gasteiger partial charge is 0.273 e. The summed E-state index contributed by atoms with van der Waals surface area (Å²) in [4.78, 5) is 16.1. The predicted molar refractivity (Wildman–Crippen MR) is 77.5 cm³/mol. The second-order valence-electron chi connectivity index (χ2n) is 4.80. The molecule has 0 saturated heterocycles. The summed E-state index contributed by atoms with van der Waals surface area (Å²) >= 11 is 0. The molecule has 1 heterocycles. The van der Waals surface area contributed by atoms with Crippen molar-refractivity contribution in [2.24, 2.45) is 0 Å². The average Bonchev–Trinajstić information content (AvgIpc) is 2.94. The Labute approximate surface area is 118 Å². The lowest BCUT2D eigenvalue weighted by Crippen LogP contribution is -2.37. The molecule has 0 fully saturated rings. The minimum Gasteiger partial charge on any atom is -0.443 e. The SMILES string of the molecule is CNC(C)CNC(=O)c1ncoc1-c1ccc(C)cc1. The molecule has 106 valence electrons. The maximum atomic E-state index is 12.1. The van der Waals surface area contributed by atoms with Gasteiger partial charge < -0.3 is 15.1 Å². The van der Waals surface area contributed by atoms with Crippen LogP contribution in [0.1, 0.15) is 23.0 Å². The lowest BCUT2D eigenvalue weighted by atomic mass is 10.1. The van der Waals surface area contributed by atoms with E-state index >= 15 is 0 Å². The van der Waals surface area contributed by atoms with Crippen LogP contribution in [-0.4, -0.2) is 30.5 Å². The Hall–Kier alpha value is -2.14. The minimum absolute atomic E-state index is 0.202. The van der Waals surface area contributed by atoms with Crippen LogP contribution in [0.15, 0.2) is 35.1 Å². The molecule has 5 heteroatoms. The molecule has 1 atom stereocenters. The topological polar surface area (TPSA) is 67.2 Å². The normalized spacial score (nSPS) is 12.2. The summed E-state index contributed by atoms with van der Waals surface area (Å²) in [6, 6.07) is 7.99. The monoisotopic (exact) mass is 273 g/mol. The van der Waals surface area contributed by atoms with E-state index in [1.807, 2.05) is 45.2 Å². The lowest BCUT2D eigenvalue weighted by molar-refractivity contribution is 0.0946. The van der Waals surface area contributed by atoms with Crippen LogP contribution in [0.5, 0.6) is 0 Å². The Balaban J connectivity index is 2.16. The summed E-state index contributed by atoms with van der Waals surface area (Å²) in [6.07, 6.45) is 1.30. The van der Waals surface area contributed by atoms with Crippen molar-refractivity contribution in [2.45, 2.75) is 19.9 Å². The van der Waals surface area contributed by atoms with E-state index in [1.54, 1.807) is 0 Å². The summed E-state index contributed by atoms with van der Waals surface area (Å²) in [5.74, 6) is 0.274. The molecule has 0 aliphatic rings. The van der Waals surface area contributed by atoms with E-state index in [4.69, 9.17) is 4.42 Å². The van der Waals surface area contributed by atoms with E-state index < -0.39 is 0 Å². The number of rotatable bonds is 5. The van der Waals surface area contributed by atoms with Crippen molar-refractivity contribution in [1.29, 1.82) is 0 Å². The maximum Gasteiger partial charge on any atom is 0.273 e. The Kier molecular flexibility index (Phi) is 4.53. The third-order valence-electron chi connectivity index (χ3n) is 3.16. The molecule has 0 bridgehead atoms. The number of likely N-dealkylation sites (N-methyl/N-ethyl adjacent to an activating group) is 1. The molecule has 0 saturated carbocycles. The molecule has 0 aliphatic carbocycles. The standard InChI is InChI=1S/C15H19N3O2/c1-10-4-6-12(7-5-10)14-13(18-9-20-14)15(19)17-8-11(2)16-3/h4-7,9,11,16H,8H2,1-3H3,(H,17,19). The maximum absolute atomic E-state index is 12.1. The average molecular weight is 273 g/mol. The van der Waals surface area contributed by atoms with Crippen molar-refractivity contribution in [3.8, 4) is 11.3 Å².